The van der Waals surface area contributed by atoms with E-state index in [9.17, 15) is 0 Å². The molecular formula is C26H21N. The van der Waals surface area contributed by atoms with Gasteiger partial charge >= 0.3 is 0 Å². The van der Waals surface area contributed by atoms with E-state index in [1.807, 2.05) is 0 Å². The number of hydrogen-bond acceptors (Lipinski definition) is 0. The first-order valence-corrected chi connectivity index (χ1v) is 9.38. The van der Waals surface area contributed by atoms with Crippen LogP contribution in [0.1, 0.15) is 11.1 Å². The summed E-state index contributed by atoms with van der Waals surface area (Å²) >= 11 is 0. The molecule has 0 fully saturated rings. The lowest BCUT2D eigenvalue weighted by Gasteiger charge is -2.06. The highest BCUT2D eigenvalue weighted by Crippen LogP contribution is 2.36. The predicted octanol–water partition coefficient (Wildman–Crippen LogP) is 7.27. The molecule has 0 unspecified atom stereocenters. The van der Waals surface area contributed by atoms with Gasteiger partial charge in [0.05, 0.1) is 0 Å². The van der Waals surface area contributed by atoms with Gasteiger partial charge in [0.2, 0.25) is 0 Å². The topological polar surface area (TPSA) is 15.8 Å². The van der Waals surface area contributed by atoms with Gasteiger partial charge in [0.1, 0.15) is 0 Å². The van der Waals surface area contributed by atoms with Crippen LogP contribution in [0, 0.1) is 13.8 Å². The van der Waals surface area contributed by atoms with E-state index in [1.165, 1.54) is 55.2 Å². The minimum Gasteiger partial charge on any atom is -0.354 e. The fourth-order valence-corrected chi connectivity index (χ4v) is 4.05. The lowest BCUT2D eigenvalue weighted by atomic mass is 9.97. The number of aromatic amines is 1. The number of benzene rings is 4. The van der Waals surface area contributed by atoms with Gasteiger partial charge < -0.3 is 4.98 Å². The molecular weight excluding hydrogens is 326 g/mol. The Morgan fingerprint density at radius 2 is 0.889 bits per heavy atom. The Morgan fingerprint density at radius 3 is 1.30 bits per heavy atom. The van der Waals surface area contributed by atoms with E-state index < -0.39 is 0 Å². The number of hydrogen-bond donors (Lipinski definition) is 1. The average molecular weight is 347 g/mol. The van der Waals surface area contributed by atoms with Crippen molar-refractivity contribution in [3.05, 3.63) is 96.1 Å². The maximum Gasteiger partial charge on any atom is 0.0495 e. The van der Waals surface area contributed by atoms with Crippen molar-refractivity contribution >= 4 is 21.8 Å². The van der Waals surface area contributed by atoms with Gasteiger partial charge in [0.15, 0.2) is 0 Å². The van der Waals surface area contributed by atoms with Crippen molar-refractivity contribution in [2.45, 2.75) is 13.8 Å². The minimum absolute atomic E-state index is 1.23. The molecule has 0 aliphatic carbocycles. The summed E-state index contributed by atoms with van der Waals surface area (Å²) in [5.41, 5.74) is 10.1. The molecule has 1 heterocycles. The Labute approximate surface area is 159 Å². The summed E-state index contributed by atoms with van der Waals surface area (Å²) in [6.45, 7) is 4.38. The Bertz CT molecular complexity index is 1160. The van der Waals surface area contributed by atoms with E-state index in [0.717, 1.165) is 0 Å². The standard InChI is InChI=1S/C26H21N/c1-17-13-21(19-9-5-3-6-10-19)15-23-24-16-22(20-11-7-4-8-12-20)14-18(2)26(24)27-25(17)23/h3-16,27H,1-2H3. The van der Waals surface area contributed by atoms with E-state index in [-0.39, 0.29) is 0 Å². The quantitative estimate of drug-likeness (QED) is 0.345. The van der Waals surface area contributed by atoms with Gasteiger partial charge in [-0.25, -0.2) is 0 Å². The molecule has 4 aromatic carbocycles. The summed E-state index contributed by atoms with van der Waals surface area (Å²) in [6.07, 6.45) is 0. The second kappa shape index (κ2) is 6.14. The number of rotatable bonds is 2. The highest BCUT2D eigenvalue weighted by Gasteiger charge is 2.12. The first-order valence-electron chi connectivity index (χ1n) is 9.38. The molecule has 0 saturated heterocycles. The Hall–Kier alpha value is -3.32. The van der Waals surface area contributed by atoms with Gasteiger partial charge in [-0.2, -0.15) is 0 Å². The van der Waals surface area contributed by atoms with Crippen LogP contribution in [-0.4, -0.2) is 4.98 Å². The summed E-state index contributed by atoms with van der Waals surface area (Å²) in [5, 5.41) is 2.59. The molecule has 0 spiro atoms. The maximum atomic E-state index is 3.67. The normalized spacial score (nSPS) is 11.3. The predicted molar refractivity (Wildman–Crippen MR) is 116 cm³/mol. The van der Waals surface area contributed by atoms with Crippen molar-refractivity contribution in [1.29, 1.82) is 0 Å². The molecule has 1 heteroatoms. The fourth-order valence-electron chi connectivity index (χ4n) is 4.05. The molecule has 5 aromatic rings. The molecule has 0 aliphatic heterocycles. The average Bonchev–Trinajstić information content (AvgIpc) is 3.09. The Morgan fingerprint density at radius 1 is 0.481 bits per heavy atom. The number of aryl methyl sites for hydroxylation is 2. The molecule has 27 heavy (non-hydrogen) atoms. The zero-order valence-corrected chi connectivity index (χ0v) is 15.6. The van der Waals surface area contributed by atoms with Crippen LogP contribution in [0.4, 0.5) is 0 Å². The van der Waals surface area contributed by atoms with Gasteiger partial charge in [-0.05, 0) is 71.5 Å². The van der Waals surface area contributed by atoms with Crippen molar-refractivity contribution in [2.24, 2.45) is 0 Å². The summed E-state index contributed by atoms with van der Waals surface area (Å²) < 4.78 is 0. The SMILES string of the molecule is Cc1cc(-c2ccccc2)cc2c1[nH]c1c(C)cc(-c3ccccc3)cc12. The highest BCUT2D eigenvalue weighted by molar-refractivity contribution is 6.11. The lowest BCUT2D eigenvalue weighted by Crippen LogP contribution is -1.82. The molecule has 0 amide bonds. The van der Waals surface area contributed by atoms with Crippen molar-refractivity contribution in [3.63, 3.8) is 0 Å². The molecule has 0 aliphatic rings. The second-order valence-corrected chi connectivity index (χ2v) is 7.29. The van der Waals surface area contributed by atoms with Crippen LogP contribution in [0.25, 0.3) is 44.1 Å². The van der Waals surface area contributed by atoms with Crippen LogP contribution < -0.4 is 0 Å². The summed E-state index contributed by atoms with van der Waals surface area (Å²) in [7, 11) is 0. The lowest BCUT2D eigenvalue weighted by molar-refractivity contribution is 1.42. The summed E-state index contributed by atoms with van der Waals surface area (Å²) in [4.78, 5) is 3.67. The van der Waals surface area contributed by atoms with Crippen LogP contribution >= 0.6 is 0 Å². The van der Waals surface area contributed by atoms with Gasteiger partial charge in [-0.15, -0.1) is 0 Å². The van der Waals surface area contributed by atoms with Crippen molar-refractivity contribution in [3.8, 4) is 22.3 Å². The van der Waals surface area contributed by atoms with Crippen LogP contribution in [0.15, 0.2) is 84.9 Å². The first kappa shape index (κ1) is 15.9. The van der Waals surface area contributed by atoms with Gasteiger partial charge in [-0.3, -0.25) is 0 Å². The van der Waals surface area contributed by atoms with E-state index in [1.54, 1.807) is 0 Å². The molecule has 1 aromatic heterocycles. The largest absolute Gasteiger partial charge is 0.354 e. The highest BCUT2D eigenvalue weighted by atomic mass is 14.7. The number of H-pyrrole nitrogens is 1. The Balaban J connectivity index is 1.82. The van der Waals surface area contributed by atoms with Crippen molar-refractivity contribution in [2.75, 3.05) is 0 Å². The second-order valence-electron chi connectivity index (χ2n) is 7.29. The molecule has 0 bridgehead atoms. The molecule has 1 N–H and O–H groups in total. The maximum absolute atomic E-state index is 3.67. The minimum atomic E-state index is 1.23. The van der Waals surface area contributed by atoms with Crippen molar-refractivity contribution in [1.82, 2.24) is 4.98 Å². The number of nitrogens with one attached hydrogen (secondary N) is 1. The molecule has 0 radical (unpaired) electrons. The van der Waals surface area contributed by atoms with Gasteiger partial charge in [-0.1, -0.05) is 60.7 Å². The zero-order valence-electron chi connectivity index (χ0n) is 15.6. The number of aromatic nitrogens is 1. The van der Waals surface area contributed by atoms with Crippen LogP contribution in [0.3, 0.4) is 0 Å². The molecule has 130 valence electrons. The van der Waals surface area contributed by atoms with Crippen molar-refractivity contribution < 1.29 is 0 Å². The Kier molecular flexibility index (Phi) is 3.61. The van der Waals surface area contributed by atoms with Gasteiger partial charge in [0, 0.05) is 21.8 Å². The zero-order chi connectivity index (χ0) is 18.4. The summed E-state index contributed by atoms with van der Waals surface area (Å²) in [6, 6.07) is 30.4. The van der Waals surface area contributed by atoms with E-state index in [0.29, 0.717) is 0 Å². The van der Waals surface area contributed by atoms with Crippen LogP contribution in [0.2, 0.25) is 0 Å². The third-order valence-electron chi connectivity index (χ3n) is 5.43. The van der Waals surface area contributed by atoms with Crippen LogP contribution in [0.5, 0.6) is 0 Å². The fraction of sp³-hybridized carbons (Fsp3) is 0.0769. The number of fused-ring (bicyclic) bond motifs is 3. The third-order valence-corrected chi connectivity index (χ3v) is 5.43. The molecule has 0 atom stereocenters. The van der Waals surface area contributed by atoms with Crippen LogP contribution in [-0.2, 0) is 0 Å². The molecule has 1 nitrogen and oxygen atoms in total. The summed E-state index contributed by atoms with van der Waals surface area (Å²) in [5.74, 6) is 0. The third kappa shape index (κ3) is 2.63. The van der Waals surface area contributed by atoms with E-state index in [4.69, 9.17) is 0 Å². The van der Waals surface area contributed by atoms with E-state index in [2.05, 4.69) is 104 Å². The molecule has 0 saturated carbocycles. The van der Waals surface area contributed by atoms with Gasteiger partial charge in [0.25, 0.3) is 0 Å². The van der Waals surface area contributed by atoms with E-state index >= 15 is 0 Å². The smallest absolute Gasteiger partial charge is 0.0495 e. The monoisotopic (exact) mass is 347 g/mol. The molecule has 5 rings (SSSR count). The first-order chi connectivity index (χ1) is 13.2.